The van der Waals surface area contributed by atoms with Crippen LogP contribution < -0.4 is 4.72 Å². The van der Waals surface area contributed by atoms with Crippen LogP contribution in [0.2, 0.25) is 0 Å². The molecule has 0 bridgehead atoms. The van der Waals surface area contributed by atoms with Gasteiger partial charge < -0.3 is 5.11 Å². The molecule has 1 aromatic heterocycles. The van der Waals surface area contributed by atoms with E-state index in [0.717, 1.165) is 35.3 Å². The smallest absolute Gasteiger partial charge is 0.213 e. The van der Waals surface area contributed by atoms with Crippen molar-refractivity contribution in [3.63, 3.8) is 0 Å². The molecule has 0 aliphatic heterocycles. The van der Waals surface area contributed by atoms with Crippen LogP contribution in [0.4, 0.5) is 0 Å². The number of rotatable bonds is 11. The number of nitrogens with zero attached hydrogens (tertiary/aromatic N) is 1. The van der Waals surface area contributed by atoms with Crippen LogP contribution >= 0.6 is 23.6 Å². The van der Waals surface area contributed by atoms with Crippen LogP contribution in [-0.4, -0.2) is 36.6 Å². The largest absolute Gasteiger partial charge is 0.493 e. The van der Waals surface area contributed by atoms with Crippen molar-refractivity contribution >= 4 is 39.3 Å². The zero-order valence-electron chi connectivity index (χ0n) is 17.1. The summed E-state index contributed by atoms with van der Waals surface area (Å²) in [5.41, 5.74) is 3.17. The lowest BCUT2D eigenvalue weighted by molar-refractivity contribution is 0.419. The second kappa shape index (κ2) is 10.5. The first kappa shape index (κ1) is 23.7. The molecule has 0 amide bonds. The molecule has 1 aromatic carbocycles. The Morgan fingerprint density at radius 1 is 1.31 bits per heavy atom. The summed E-state index contributed by atoms with van der Waals surface area (Å²) >= 11 is 6.41. The summed E-state index contributed by atoms with van der Waals surface area (Å²) < 4.78 is 27.3. The quantitative estimate of drug-likeness (QED) is 0.266. The molecule has 3 N–H and O–H groups in total. The molecule has 0 aliphatic rings. The van der Waals surface area contributed by atoms with E-state index in [1.165, 1.54) is 36.4 Å². The molecule has 2 rings (SSSR count). The van der Waals surface area contributed by atoms with Gasteiger partial charge in [-0.15, -0.1) is 0 Å². The van der Waals surface area contributed by atoms with Crippen molar-refractivity contribution in [2.75, 3.05) is 12.8 Å². The van der Waals surface area contributed by atoms with E-state index in [0.29, 0.717) is 8.83 Å². The number of thiazole rings is 1. The topological polar surface area (TPSA) is 95.2 Å². The first-order valence-corrected chi connectivity index (χ1v) is 12.6. The van der Waals surface area contributed by atoms with Gasteiger partial charge in [0.15, 0.2) is 3.95 Å². The van der Waals surface area contributed by atoms with E-state index < -0.39 is 10.0 Å². The maximum Gasteiger partial charge on any atom is 0.213 e. The summed E-state index contributed by atoms with van der Waals surface area (Å²) in [4.78, 5) is 0.357. The molecule has 2 aromatic rings. The minimum Gasteiger partial charge on any atom is -0.493 e. The van der Waals surface area contributed by atoms with Gasteiger partial charge in [0.05, 0.1) is 11.5 Å². The highest BCUT2D eigenvalue weighted by molar-refractivity contribution is 7.89. The Hall–Kier alpha value is -1.55. The Morgan fingerprint density at radius 3 is 2.66 bits per heavy atom. The third kappa shape index (κ3) is 6.21. The molecule has 0 atom stereocenters. The third-order valence-corrected chi connectivity index (χ3v) is 7.67. The van der Waals surface area contributed by atoms with Crippen LogP contribution in [0.15, 0.2) is 18.2 Å². The normalized spacial score (nSPS) is 11.7. The van der Waals surface area contributed by atoms with Gasteiger partial charge in [-0.3, -0.25) is 9.98 Å². The van der Waals surface area contributed by atoms with Crippen molar-refractivity contribution in [2.45, 2.75) is 52.5 Å². The maximum atomic E-state index is 11.7. The van der Waals surface area contributed by atoms with Gasteiger partial charge in [0.2, 0.25) is 15.9 Å². The molecule has 1 heterocycles. The molecule has 160 valence electrons. The molecular formula is C20H29N3O3S3. The van der Waals surface area contributed by atoms with Crippen molar-refractivity contribution < 1.29 is 13.5 Å². The van der Waals surface area contributed by atoms with E-state index in [9.17, 15) is 13.5 Å². The summed E-state index contributed by atoms with van der Waals surface area (Å²) in [5, 5.41) is 19.2. The van der Waals surface area contributed by atoms with Crippen LogP contribution in [0.25, 0.3) is 0 Å². The highest BCUT2D eigenvalue weighted by atomic mass is 32.2. The lowest BCUT2D eigenvalue weighted by atomic mass is 9.98. The third-order valence-electron chi connectivity index (χ3n) is 4.87. The fourth-order valence-electron chi connectivity index (χ4n) is 3.11. The average Bonchev–Trinajstić information content (AvgIpc) is 2.97. The number of hydrogen-bond acceptors (Lipinski definition) is 6. The van der Waals surface area contributed by atoms with E-state index in [1.807, 2.05) is 19.1 Å². The lowest BCUT2D eigenvalue weighted by Crippen LogP contribution is -2.24. The summed E-state index contributed by atoms with van der Waals surface area (Å²) in [7, 11) is -2.07. The van der Waals surface area contributed by atoms with Crippen LogP contribution in [0.1, 0.15) is 54.2 Å². The Morgan fingerprint density at radius 2 is 2.03 bits per heavy atom. The number of aromatic nitrogens is 1. The molecule has 0 saturated carbocycles. The number of sulfonamides is 1. The van der Waals surface area contributed by atoms with Gasteiger partial charge >= 0.3 is 0 Å². The zero-order valence-corrected chi connectivity index (χ0v) is 19.6. The Kier molecular flexibility index (Phi) is 8.57. The van der Waals surface area contributed by atoms with Crippen molar-refractivity contribution in [2.24, 2.45) is 0 Å². The summed E-state index contributed by atoms with van der Waals surface area (Å²) in [6, 6.07) is 6.06. The van der Waals surface area contributed by atoms with E-state index in [4.69, 9.17) is 17.6 Å². The van der Waals surface area contributed by atoms with Crippen LogP contribution in [0, 0.1) is 16.3 Å². The molecule has 0 spiro atoms. The van der Waals surface area contributed by atoms with E-state index in [2.05, 4.69) is 17.7 Å². The van der Waals surface area contributed by atoms with Crippen molar-refractivity contribution in [3.05, 3.63) is 43.7 Å². The fraction of sp³-hybridized carbons (Fsp3) is 0.500. The molecule has 0 radical (unpaired) electrons. The Bertz CT molecular complexity index is 1020. The summed E-state index contributed by atoms with van der Waals surface area (Å²) in [6.07, 6.45) is 5.87. The lowest BCUT2D eigenvalue weighted by Gasteiger charge is -2.10. The van der Waals surface area contributed by atoms with E-state index >= 15 is 0 Å². The minimum atomic E-state index is -3.41. The first-order valence-electron chi connectivity index (χ1n) is 9.72. The molecule has 0 unspecified atom stereocenters. The van der Waals surface area contributed by atoms with E-state index in [-0.39, 0.29) is 23.9 Å². The van der Waals surface area contributed by atoms with Gasteiger partial charge in [0, 0.05) is 12.1 Å². The van der Waals surface area contributed by atoms with Crippen LogP contribution in [-0.2, 0) is 23.0 Å². The van der Waals surface area contributed by atoms with Crippen LogP contribution in [0.5, 0.6) is 5.88 Å². The van der Waals surface area contributed by atoms with Crippen molar-refractivity contribution in [1.82, 2.24) is 9.29 Å². The number of unbranched alkanes of at least 4 members (excludes halogenated alkanes) is 3. The molecule has 29 heavy (non-hydrogen) atoms. The van der Waals surface area contributed by atoms with Crippen molar-refractivity contribution in [1.29, 1.82) is 5.41 Å². The Balaban J connectivity index is 2.20. The SMILES string of the molecule is CCCCCCc1ccc(C(=N)c2sc(=S)n(CCS(=O)(=O)NC)c2O)c(C)c1. The number of nitrogens with one attached hydrogen (secondary N) is 2. The van der Waals surface area contributed by atoms with Gasteiger partial charge in [-0.05, 0) is 50.2 Å². The molecule has 9 heteroatoms. The van der Waals surface area contributed by atoms with Gasteiger partial charge in [-0.25, -0.2) is 13.1 Å². The minimum absolute atomic E-state index is 0.0350. The predicted octanol–water partition coefficient (Wildman–Crippen LogP) is 4.38. The summed E-state index contributed by atoms with van der Waals surface area (Å²) in [5.74, 6) is -0.347. The molecular weight excluding hydrogens is 426 g/mol. The van der Waals surface area contributed by atoms with Gasteiger partial charge in [0.1, 0.15) is 4.88 Å². The fourth-order valence-corrected chi connectivity index (χ4v) is 5.04. The average molecular weight is 456 g/mol. The van der Waals surface area contributed by atoms with Gasteiger partial charge in [0.25, 0.3) is 0 Å². The predicted molar refractivity (Wildman–Crippen MR) is 123 cm³/mol. The second-order valence-corrected chi connectivity index (χ2v) is 10.7. The van der Waals surface area contributed by atoms with Gasteiger partial charge in [-0.1, -0.05) is 55.7 Å². The number of aryl methyl sites for hydroxylation is 2. The highest BCUT2D eigenvalue weighted by Gasteiger charge is 2.20. The van der Waals surface area contributed by atoms with Gasteiger partial charge in [-0.2, -0.15) is 0 Å². The molecule has 0 aliphatic carbocycles. The highest BCUT2D eigenvalue weighted by Crippen LogP contribution is 2.29. The van der Waals surface area contributed by atoms with E-state index in [1.54, 1.807) is 0 Å². The standard InChI is InChI=1S/C20H29N3O3S3/c1-4-5-6-7-8-15-9-10-16(14(2)13-15)17(21)18-19(24)23(20(27)28-18)11-12-29(25,26)22-3/h9-10,13,21-22,24H,4-8,11-12H2,1-3H3. The molecule has 0 saturated heterocycles. The second-order valence-electron chi connectivity index (χ2n) is 7.03. The first-order chi connectivity index (χ1) is 13.7. The maximum absolute atomic E-state index is 11.7. The van der Waals surface area contributed by atoms with Crippen molar-refractivity contribution in [3.8, 4) is 5.88 Å². The summed E-state index contributed by atoms with van der Waals surface area (Å²) in [6.45, 7) is 4.20. The monoisotopic (exact) mass is 455 g/mol. The molecule has 6 nitrogen and oxygen atoms in total. The Labute approximate surface area is 182 Å². The zero-order chi connectivity index (χ0) is 21.6. The number of hydrogen-bond donors (Lipinski definition) is 3. The molecule has 0 fully saturated rings. The number of aromatic hydroxyl groups is 1. The number of benzene rings is 1. The van der Waals surface area contributed by atoms with Crippen LogP contribution in [0.3, 0.4) is 0 Å².